The third-order valence-corrected chi connectivity index (χ3v) is 10.4. The summed E-state index contributed by atoms with van der Waals surface area (Å²) in [5, 5.41) is 0.666. The molecule has 5 heterocycles. The van der Waals surface area contributed by atoms with E-state index < -0.39 is 16.6 Å². The van der Waals surface area contributed by atoms with Crippen molar-refractivity contribution in [3.05, 3.63) is 35.9 Å². The second-order valence-corrected chi connectivity index (χ2v) is 14.2. The van der Waals surface area contributed by atoms with E-state index in [0.29, 0.717) is 57.4 Å². The molecule has 1 saturated carbocycles. The molecule has 4 aromatic rings. The predicted octanol–water partition coefficient (Wildman–Crippen LogP) is 4.09. The Balaban J connectivity index is 1.35. The van der Waals surface area contributed by atoms with Gasteiger partial charge < -0.3 is 24.5 Å². The molecule has 44 heavy (non-hydrogen) atoms. The van der Waals surface area contributed by atoms with Crippen LogP contribution < -0.4 is 14.8 Å². The molecule has 7 rings (SSSR count). The van der Waals surface area contributed by atoms with Crippen molar-refractivity contribution in [3.8, 4) is 17.3 Å². The number of methoxy groups -OCH3 is 1. The lowest BCUT2D eigenvalue weighted by Gasteiger charge is -2.38. The van der Waals surface area contributed by atoms with Crippen molar-refractivity contribution < 1.29 is 26.7 Å². The zero-order valence-electron chi connectivity index (χ0n) is 24.8. The standard InChI is InChI=1S/C30H35F2N7O4S/c1-36-26-21(12-18(14-24(26)43-2)29(40)38-19-7-9-20(33)22(38)10-8-19)34-28(36)23-13-17-6-11-25(39(30(31)32)44(3,41)42)35-27(17)37(23)15-16-4-5-16/h6,11-14,16,19-20,22,30H,4-5,7-10,15,33H2,1-3H3/t19-,20-,22-/m1/s1. The molecule has 11 nitrogen and oxygen atoms in total. The number of alkyl halides is 2. The van der Waals surface area contributed by atoms with Crippen LogP contribution in [0.3, 0.4) is 0 Å². The van der Waals surface area contributed by atoms with E-state index in [0.717, 1.165) is 44.8 Å². The number of pyridine rings is 1. The van der Waals surface area contributed by atoms with Gasteiger partial charge in [0.1, 0.15) is 22.7 Å². The van der Waals surface area contributed by atoms with E-state index in [-0.39, 0.29) is 34.2 Å². The molecule has 234 valence electrons. The molecule has 0 spiro atoms. The smallest absolute Gasteiger partial charge is 0.329 e. The number of anilines is 1. The summed E-state index contributed by atoms with van der Waals surface area (Å²) in [6.45, 7) is -2.70. The summed E-state index contributed by atoms with van der Waals surface area (Å²) in [7, 11) is -0.851. The lowest BCUT2D eigenvalue weighted by atomic mass is 9.97. The van der Waals surface area contributed by atoms with Gasteiger partial charge in [0.2, 0.25) is 10.0 Å². The van der Waals surface area contributed by atoms with Crippen LogP contribution in [-0.2, 0) is 23.6 Å². The quantitative estimate of drug-likeness (QED) is 0.292. The summed E-state index contributed by atoms with van der Waals surface area (Å²) in [6, 6.07) is 8.51. The van der Waals surface area contributed by atoms with E-state index >= 15 is 0 Å². The van der Waals surface area contributed by atoms with Crippen molar-refractivity contribution in [2.45, 2.75) is 69.7 Å². The molecular weight excluding hydrogens is 592 g/mol. The number of hydrogen-bond donors (Lipinski definition) is 1. The highest BCUT2D eigenvalue weighted by Crippen LogP contribution is 2.40. The minimum Gasteiger partial charge on any atom is -0.494 e. The number of aromatic nitrogens is 4. The van der Waals surface area contributed by atoms with Gasteiger partial charge in [0, 0.05) is 42.7 Å². The first-order chi connectivity index (χ1) is 21.0. The molecule has 1 aromatic carbocycles. The minimum atomic E-state index is -4.27. The molecule has 2 N–H and O–H groups in total. The monoisotopic (exact) mass is 627 g/mol. The molecule has 1 aliphatic carbocycles. The van der Waals surface area contributed by atoms with E-state index in [1.807, 2.05) is 27.1 Å². The van der Waals surface area contributed by atoms with E-state index in [1.165, 1.54) is 6.07 Å². The fourth-order valence-corrected chi connectivity index (χ4v) is 7.79. The largest absolute Gasteiger partial charge is 0.494 e. The molecule has 1 amide bonds. The van der Waals surface area contributed by atoms with Crippen LogP contribution in [0.1, 0.15) is 48.9 Å². The van der Waals surface area contributed by atoms with Gasteiger partial charge in [-0.05, 0) is 74.8 Å². The minimum absolute atomic E-state index is 0.0282. The molecule has 3 fully saturated rings. The topological polar surface area (TPSA) is 129 Å². The van der Waals surface area contributed by atoms with Crippen LogP contribution in [0.4, 0.5) is 14.6 Å². The molecule has 2 aliphatic heterocycles. The first kappa shape index (κ1) is 29.0. The van der Waals surface area contributed by atoms with Crippen molar-refractivity contribution in [1.82, 2.24) is 24.0 Å². The van der Waals surface area contributed by atoms with Crippen LogP contribution in [0, 0.1) is 5.92 Å². The van der Waals surface area contributed by atoms with Crippen molar-refractivity contribution in [2.75, 3.05) is 17.7 Å². The van der Waals surface area contributed by atoms with Gasteiger partial charge in [0.15, 0.2) is 5.82 Å². The fraction of sp³-hybridized carbons (Fsp3) is 0.500. The van der Waals surface area contributed by atoms with Crippen LogP contribution >= 0.6 is 0 Å². The van der Waals surface area contributed by atoms with Crippen molar-refractivity contribution in [3.63, 3.8) is 0 Å². The normalized spacial score (nSPS) is 22.0. The number of fused-ring (bicyclic) bond motifs is 4. The maximum Gasteiger partial charge on any atom is 0.329 e. The Morgan fingerprint density at radius 3 is 2.55 bits per heavy atom. The van der Waals surface area contributed by atoms with Crippen LogP contribution in [0.2, 0.25) is 0 Å². The molecule has 2 bridgehead atoms. The Hall–Kier alpha value is -3.78. The Morgan fingerprint density at radius 1 is 1.11 bits per heavy atom. The average Bonchev–Trinajstić information content (AvgIpc) is 3.52. The molecule has 0 radical (unpaired) electrons. The lowest BCUT2D eigenvalue weighted by Crippen LogP contribution is -2.53. The summed E-state index contributed by atoms with van der Waals surface area (Å²) < 4.78 is 61.7. The predicted molar refractivity (Wildman–Crippen MR) is 162 cm³/mol. The number of carbonyl (C=O) groups is 1. The number of benzene rings is 1. The van der Waals surface area contributed by atoms with Crippen LogP contribution in [0.15, 0.2) is 30.3 Å². The number of sulfonamides is 1. The summed E-state index contributed by atoms with van der Waals surface area (Å²) in [6.07, 6.45) is 6.46. The number of amides is 1. The summed E-state index contributed by atoms with van der Waals surface area (Å²) in [5.74, 6) is 1.05. The number of piperidine rings is 1. The number of imidazole rings is 1. The number of rotatable bonds is 8. The van der Waals surface area contributed by atoms with Crippen LogP contribution in [-0.4, -0.2) is 76.4 Å². The molecular formula is C30H35F2N7O4S. The molecule has 3 aromatic heterocycles. The van der Waals surface area contributed by atoms with E-state index in [1.54, 1.807) is 25.3 Å². The highest BCUT2D eigenvalue weighted by molar-refractivity contribution is 7.92. The Bertz CT molecular complexity index is 1900. The van der Waals surface area contributed by atoms with Gasteiger partial charge in [-0.2, -0.15) is 13.1 Å². The third kappa shape index (κ3) is 4.69. The number of aryl methyl sites for hydroxylation is 1. The molecule has 2 saturated heterocycles. The summed E-state index contributed by atoms with van der Waals surface area (Å²) in [5.41, 5.74) is 9.26. The van der Waals surface area contributed by atoms with Gasteiger partial charge in [-0.25, -0.2) is 18.4 Å². The fourth-order valence-electron chi connectivity index (χ4n) is 7.06. The van der Waals surface area contributed by atoms with Crippen molar-refractivity contribution in [2.24, 2.45) is 18.7 Å². The Kier molecular flexibility index (Phi) is 6.85. The maximum atomic E-state index is 13.9. The zero-order chi connectivity index (χ0) is 31.1. The van der Waals surface area contributed by atoms with Gasteiger partial charge in [-0.3, -0.25) is 4.79 Å². The van der Waals surface area contributed by atoms with Crippen molar-refractivity contribution in [1.29, 1.82) is 0 Å². The van der Waals surface area contributed by atoms with Gasteiger partial charge in [-0.15, -0.1) is 0 Å². The lowest BCUT2D eigenvalue weighted by molar-refractivity contribution is 0.0562. The summed E-state index contributed by atoms with van der Waals surface area (Å²) >= 11 is 0. The number of halogens is 2. The number of carbonyl (C=O) groups excluding carboxylic acids is 1. The zero-order valence-corrected chi connectivity index (χ0v) is 25.6. The highest BCUT2D eigenvalue weighted by atomic mass is 32.2. The number of nitrogens with zero attached hydrogens (tertiary/aromatic N) is 6. The summed E-state index contributed by atoms with van der Waals surface area (Å²) in [4.78, 5) is 25.2. The average molecular weight is 628 g/mol. The van der Waals surface area contributed by atoms with Gasteiger partial charge in [-0.1, -0.05) is 0 Å². The van der Waals surface area contributed by atoms with Crippen LogP contribution in [0.25, 0.3) is 33.6 Å². The molecule has 0 unspecified atom stereocenters. The first-order valence-electron chi connectivity index (χ1n) is 14.9. The third-order valence-electron chi connectivity index (χ3n) is 9.37. The van der Waals surface area contributed by atoms with E-state index in [2.05, 4.69) is 4.98 Å². The highest BCUT2D eigenvalue weighted by Gasteiger charge is 2.44. The molecule has 14 heteroatoms. The Labute approximate surface area is 253 Å². The number of ether oxygens (including phenoxy) is 1. The SMILES string of the molecule is COc1cc(C(=O)N2[C@@H]3CC[C@@H](N)[C@H]2CC3)cc2nc(-c3cc4ccc(N(C(F)F)S(C)(=O)=O)nc4n3CC3CC3)n(C)c12. The second-order valence-electron chi connectivity index (χ2n) is 12.3. The van der Waals surface area contributed by atoms with Gasteiger partial charge in [0.05, 0.1) is 24.6 Å². The molecule has 3 aliphatic rings. The first-order valence-corrected chi connectivity index (χ1v) is 16.7. The van der Waals surface area contributed by atoms with Gasteiger partial charge in [0.25, 0.3) is 5.91 Å². The number of nitrogens with two attached hydrogens (primary N) is 1. The van der Waals surface area contributed by atoms with E-state index in [4.69, 9.17) is 15.5 Å². The van der Waals surface area contributed by atoms with Crippen molar-refractivity contribution >= 4 is 43.8 Å². The Morgan fingerprint density at radius 2 is 1.86 bits per heavy atom. The number of hydrogen-bond acceptors (Lipinski definition) is 7. The van der Waals surface area contributed by atoms with Gasteiger partial charge >= 0.3 is 6.55 Å². The maximum absolute atomic E-state index is 13.9. The van der Waals surface area contributed by atoms with E-state index in [9.17, 15) is 22.0 Å². The van der Waals surface area contributed by atoms with Crippen LogP contribution in [0.5, 0.6) is 5.75 Å². The second kappa shape index (κ2) is 10.4. The molecule has 3 atom stereocenters.